The van der Waals surface area contributed by atoms with Crippen molar-refractivity contribution in [1.29, 1.82) is 0 Å². The summed E-state index contributed by atoms with van der Waals surface area (Å²) in [6.45, 7) is -0.00210. The lowest BCUT2D eigenvalue weighted by Gasteiger charge is -2.41. The van der Waals surface area contributed by atoms with Crippen molar-refractivity contribution in [3.8, 4) is 0 Å². The highest BCUT2D eigenvalue weighted by Gasteiger charge is 2.36. The van der Waals surface area contributed by atoms with Crippen LogP contribution in [-0.4, -0.2) is 28.9 Å². The topological polar surface area (TPSA) is 52.5 Å². The summed E-state index contributed by atoms with van der Waals surface area (Å²) in [5, 5.41) is 22.1. The lowest BCUT2D eigenvalue weighted by molar-refractivity contribution is 0.0671. The second-order valence-corrected chi connectivity index (χ2v) is 4.82. The van der Waals surface area contributed by atoms with Gasteiger partial charge in [-0.2, -0.15) is 0 Å². The van der Waals surface area contributed by atoms with Crippen LogP contribution < -0.4 is 5.32 Å². The van der Waals surface area contributed by atoms with Crippen molar-refractivity contribution in [1.82, 2.24) is 5.32 Å². The van der Waals surface area contributed by atoms with E-state index in [9.17, 15) is 19.0 Å². The van der Waals surface area contributed by atoms with E-state index in [4.69, 9.17) is 0 Å². The van der Waals surface area contributed by atoms with E-state index in [0.717, 1.165) is 31.4 Å². The molecule has 0 aliphatic heterocycles. The molecule has 1 unspecified atom stereocenters. The fraction of sp³-hybridized carbons (Fsp3) is 0.538. The molecule has 5 heteroatoms. The zero-order valence-electron chi connectivity index (χ0n) is 10.00. The highest BCUT2D eigenvalue weighted by atomic mass is 19.1. The van der Waals surface area contributed by atoms with Gasteiger partial charge in [-0.05, 0) is 31.4 Å². The first-order chi connectivity index (χ1) is 8.58. The molecule has 2 rings (SSSR count). The molecule has 1 fully saturated rings. The van der Waals surface area contributed by atoms with Crippen molar-refractivity contribution in [2.45, 2.75) is 30.9 Å². The highest BCUT2D eigenvalue weighted by molar-refractivity contribution is 5.22. The van der Waals surface area contributed by atoms with Gasteiger partial charge in [-0.15, -0.1) is 0 Å². The van der Waals surface area contributed by atoms with E-state index in [1.807, 2.05) is 0 Å². The largest absolute Gasteiger partial charge is 0.394 e. The normalized spacial score (nSPS) is 19.3. The zero-order chi connectivity index (χ0) is 13.2. The van der Waals surface area contributed by atoms with E-state index in [-0.39, 0.29) is 24.3 Å². The van der Waals surface area contributed by atoms with Crippen molar-refractivity contribution >= 4 is 0 Å². The quantitative estimate of drug-likeness (QED) is 0.749. The maximum Gasteiger partial charge on any atom is 0.131 e. The molecular weight excluding hydrogens is 240 g/mol. The predicted molar refractivity (Wildman–Crippen MR) is 63.0 cm³/mol. The summed E-state index contributed by atoms with van der Waals surface area (Å²) < 4.78 is 26.8. The minimum absolute atomic E-state index is 0.0262. The Morgan fingerprint density at radius 1 is 1.28 bits per heavy atom. The van der Waals surface area contributed by atoms with Gasteiger partial charge in [0.2, 0.25) is 0 Å². The van der Waals surface area contributed by atoms with Gasteiger partial charge in [-0.1, -0.05) is 6.07 Å². The van der Waals surface area contributed by atoms with Gasteiger partial charge in [-0.25, -0.2) is 8.78 Å². The van der Waals surface area contributed by atoms with Crippen molar-refractivity contribution in [3.63, 3.8) is 0 Å². The molecule has 0 saturated heterocycles. The summed E-state index contributed by atoms with van der Waals surface area (Å²) in [6, 6.07) is 3.50. The van der Waals surface area contributed by atoms with Crippen LogP contribution in [0.25, 0.3) is 0 Å². The number of hydrogen-bond donors (Lipinski definition) is 3. The number of rotatable bonds is 5. The molecule has 1 aliphatic carbocycles. The van der Waals surface area contributed by atoms with Crippen molar-refractivity contribution in [3.05, 3.63) is 35.4 Å². The number of nitrogens with one attached hydrogen (secondary N) is 1. The number of β-amino-alcohol motifs (C(OH)–C–C–N with tert-alkyl or cyclic N) is 1. The van der Waals surface area contributed by atoms with Crippen LogP contribution in [0.3, 0.4) is 0 Å². The Labute approximate surface area is 104 Å². The van der Waals surface area contributed by atoms with Gasteiger partial charge in [0.1, 0.15) is 11.6 Å². The molecule has 3 N–H and O–H groups in total. The molecule has 1 aliphatic rings. The summed E-state index contributed by atoms with van der Waals surface area (Å²) in [5.41, 5.74) is -0.708. The third-order valence-electron chi connectivity index (χ3n) is 3.62. The summed E-state index contributed by atoms with van der Waals surface area (Å²) in [6.07, 6.45) is 1.39. The van der Waals surface area contributed by atoms with Gasteiger partial charge in [0.15, 0.2) is 0 Å². The second kappa shape index (κ2) is 5.30. The Morgan fingerprint density at radius 2 is 1.89 bits per heavy atom. The van der Waals surface area contributed by atoms with Crippen LogP contribution in [0.1, 0.15) is 30.9 Å². The lowest BCUT2D eigenvalue weighted by Crippen LogP contribution is -2.55. The molecule has 100 valence electrons. The lowest BCUT2D eigenvalue weighted by atomic mass is 9.77. The van der Waals surface area contributed by atoms with Crippen LogP contribution >= 0.6 is 0 Å². The van der Waals surface area contributed by atoms with Crippen LogP contribution in [-0.2, 0) is 0 Å². The fourth-order valence-corrected chi connectivity index (χ4v) is 2.24. The molecule has 0 radical (unpaired) electrons. The molecule has 0 heterocycles. The van der Waals surface area contributed by atoms with Gasteiger partial charge in [0.25, 0.3) is 0 Å². The van der Waals surface area contributed by atoms with Gasteiger partial charge in [-0.3, -0.25) is 0 Å². The molecule has 3 nitrogen and oxygen atoms in total. The number of aliphatic hydroxyl groups excluding tert-OH is 2. The van der Waals surface area contributed by atoms with Crippen LogP contribution in [0.15, 0.2) is 18.2 Å². The summed E-state index contributed by atoms with van der Waals surface area (Å²) in [7, 11) is 0. The third kappa shape index (κ3) is 2.53. The summed E-state index contributed by atoms with van der Waals surface area (Å²) >= 11 is 0. The number of halogens is 2. The Balaban J connectivity index is 2.01. The fourth-order valence-electron chi connectivity index (χ4n) is 2.24. The molecular formula is C13H17F2NO2. The number of benzene rings is 1. The Morgan fingerprint density at radius 3 is 2.33 bits per heavy atom. The average Bonchev–Trinajstić information content (AvgIpc) is 2.28. The molecule has 18 heavy (non-hydrogen) atoms. The van der Waals surface area contributed by atoms with Gasteiger partial charge in [0, 0.05) is 12.1 Å². The molecule has 1 atom stereocenters. The second-order valence-electron chi connectivity index (χ2n) is 4.82. The van der Waals surface area contributed by atoms with Gasteiger partial charge >= 0.3 is 0 Å². The molecule has 1 aromatic rings. The molecule has 0 bridgehead atoms. The molecule has 0 aromatic heterocycles. The van der Waals surface area contributed by atoms with Crippen LogP contribution in [0.2, 0.25) is 0 Å². The van der Waals surface area contributed by atoms with Crippen molar-refractivity contribution in [2.75, 3.05) is 13.2 Å². The minimum Gasteiger partial charge on any atom is -0.394 e. The van der Waals surface area contributed by atoms with Gasteiger partial charge < -0.3 is 15.5 Å². The van der Waals surface area contributed by atoms with E-state index in [2.05, 4.69) is 5.32 Å². The van der Waals surface area contributed by atoms with E-state index in [1.54, 1.807) is 0 Å². The highest BCUT2D eigenvalue weighted by Crippen LogP contribution is 2.32. The number of hydrogen-bond acceptors (Lipinski definition) is 3. The van der Waals surface area contributed by atoms with E-state index < -0.39 is 17.7 Å². The third-order valence-corrected chi connectivity index (χ3v) is 3.62. The van der Waals surface area contributed by atoms with Crippen molar-refractivity contribution in [2.24, 2.45) is 0 Å². The standard InChI is InChI=1S/C13H17F2NO2/c14-9-3-1-4-10(15)12(9)11(18)7-16-13(8-17)5-2-6-13/h1,3-4,11,16-18H,2,5-8H2. The minimum atomic E-state index is -1.25. The van der Waals surface area contributed by atoms with Crippen molar-refractivity contribution < 1.29 is 19.0 Å². The predicted octanol–water partition coefficient (Wildman–Crippen LogP) is 1.50. The molecule has 0 amide bonds. The average molecular weight is 257 g/mol. The maximum absolute atomic E-state index is 13.4. The monoisotopic (exact) mass is 257 g/mol. The first-order valence-corrected chi connectivity index (χ1v) is 6.06. The zero-order valence-corrected chi connectivity index (χ0v) is 10.00. The Kier molecular flexibility index (Phi) is 3.94. The molecule has 0 spiro atoms. The summed E-state index contributed by atoms with van der Waals surface area (Å²) in [4.78, 5) is 0. The first kappa shape index (κ1) is 13.4. The van der Waals surface area contributed by atoms with Crippen LogP contribution in [0.4, 0.5) is 8.78 Å². The van der Waals surface area contributed by atoms with Gasteiger partial charge in [0.05, 0.1) is 18.3 Å². The van der Waals surface area contributed by atoms with Crippen LogP contribution in [0.5, 0.6) is 0 Å². The van der Waals surface area contributed by atoms with E-state index in [0.29, 0.717) is 0 Å². The Bertz CT molecular complexity index is 396. The SMILES string of the molecule is OCC1(NCC(O)c2c(F)cccc2F)CCC1. The number of aliphatic hydroxyl groups is 2. The molecule has 1 saturated carbocycles. The first-order valence-electron chi connectivity index (χ1n) is 6.06. The van der Waals surface area contributed by atoms with E-state index >= 15 is 0 Å². The van der Waals surface area contributed by atoms with E-state index in [1.165, 1.54) is 6.07 Å². The van der Waals surface area contributed by atoms with Crippen LogP contribution in [0, 0.1) is 11.6 Å². The Hall–Kier alpha value is -1.04. The summed E-state index contributed by atoms with van der Waals surface area (Å²) in [5.74, 6) is -1.51. The molecule has 1 aromatic carbocycles. The maximum atomic E-state index is 13.4. The smallest absolute Gasteiger partial charge is 0.131 e.